The van der Waals surface area contributed by atoms with E-state index in [1.807, 2.05) is 0 Å². The van der Waals surface area contributed by atoms with Gasteiger partial charge in [0.25, 0.3) is 11.8 Å². The van der Waals surface area contributed by atoms with Crippen molar-refractivity contribution in [3.05, 3.63) is 59.7 Å². The summed E-state index contributed by atoms with van der Waals surface area (Å²) in [5.74, 6) is -0.763. The van der Waals surface area contributed by atoms with Gasteiger partial charge in [-0.05, 0) is 42.8 Å². The first-order chi connectivity index (χ1) is 11.6. The summed E-state index contributed by atoms with van der Waals surface area (Å²) in [5, 5.41) is 2.75. The van der Waals surface area contributed by atoms with Crippen LogP contribution in [0.15, 0.2) is 48.5 Å². The molecule has 2 aromatic rings. The Hall–Kier alpha value is -3.15. The lowest BCUT2D eigenvalue weighted by atomic mass is 10.1. The zero-order valence-corrected chi connectivity index (χ0v) is 13.0. The third-order valence-electron chi connectivity index (χ3n) is 3.86. The highest BCUT2D eigenvalue weighted by atomic mass is 16.2. The molecule has 0 atom stereocenters. The zero-order chi connectivity index (χ0) is 17.1. The van der Waals surface area contributed by atoms with Crippen molar-refractivity contribution in [3.8, 4) is 0 Å². The number of hydrogen-bond acceptors (Lipinski definition) is 4. The Balaban J connectivity index is 1.52. The van der Waals surface area contributed by atoms with Crippen LogP contribution < -0.4 is 11.1 Å². The highest BCUT2D eigenvalue weighted by Gasteiger charge is 2.34. The maximum Gasteiger partial charge on any atom is 0.261 e. The molecule has 122 valence electrons. The van der Waals surface area contributed by atoms with E-state index in [4.69, 9.17) is 5.73 Å². The second kappa shape index (κ2) is 6.54. The van der Waals surface area contributed by atoms with Gasteiger partial charge in [-0.3, -0.25) is 19.3 Å². The average molecular weight is 323 g/mol. The number of fused-ring (bicyclic) bond motifs is 1. The molecule has 3 rings (SSSR count). The van der Waals surface area contributed by atoms with Gasteiger partial charge in [-0.2, -0.15) is 0 Å². The van der Waals surface area contributed by atoms with Crippen LogP contribution >= 0.6 is 0 Å². The number of nitrogen functional groups attached to an aromatic ring is 1. The normalized spacial score (nSPS) is 13.1. The molecule has 0 radical (unpaired) electrons. The minimum absolute atomic E-state index is 0.170. The number of nitrogens with two attached hydrogens (primary N) is 1. The Morgan fingerprint density at radius 2 is 1.54 bits per heavy atom. The monoisotopic (exact) mass is 323 g/mol. The third kappa shape index (κ3) is 3.12. The van der Waals surface area contributed by atoms with E-state index in [0.29, 0.717) is 28.9 Å². The molecule has 1 heterocycles. The minimum atomic E-state index is -0.297. The van der Waals surface area contributed by atoms with Crippen molar-refractivity contribution in [1.82, 2.24) is 4.90 Å². The molecule has 6 nitrogen and oxygen atoms in total. The molecule has 0 spiro atoms. The number of carbonyl (C=O) groups excluding carboxylic acids is 3. The van der Waals surface area contributed by atoms with Crippen molar-refractivity contribution >= 4 is 29.1 Å². The SMILES string of the molecule is Nc1ccc(NC(=O)CCCN2C(=O)c3ccccc3C2=O)cc1. The van der Waals surface area contributed by atoms with Gasteiger partial charge in [-0.25, -0.2) is 0 Å². The summed E-state index contributed by atoms with van der Waals surface area (Å²) in [6.07, 6.45) is 0.629. The average Bonchev–Trinajstić information content (AvgIpc) is 2.82. The van der Waals surface area contributed by atoms with Crippen molar-refractivity contribution in [2.75, 3.05) is 17.6 Å². The molecule has 3 amide bonds. The fourth-order valence-electron chi connectivity index (χ4n) is 2.63. The highest BCUT2D eigenvalue weighted by molar-refractivity contribution is 6.21. The van der Waals surface area contributed by atoms with Crippen LogP contribution in [-0.2, 0) is 4.79 Å². The number of nitrogens with zero attached hydrogens (tertiary/aromatic N) is 1. The molecule has 0 fully saturated rings. The van der Waals surface area contributed by atoms with E-state index in [2.05, 4.69) is 5.32 Å². The van der Waals surface area contributed by atoms with Gasteiger partial charge in [0.15, 0.2) is 0 Å². The lowest BCUT2D eigenvalue weighted by molar-refractivity contribution is -0.116. The van der Waals surface area contributed by atoms with Gasteiger partial charge in [0, 0.05) is 24.3 Å². The summed E-state index contributed by atoms with van der Waals surface area (Å²) in [4.78, 5) is 37.5. The summed E-state index contributed by atoms with van der Waals surface area (Å²) in [6.45, 7) is 0.224. The van der Waals surface area contributed by atoms with Crippen LogP contribution in [0.2, 0.25) is 0 Å². The van der Waals surface area contributed by atoms with Crippen LogP contribution in [-0.4, -0.2) is 29.2 Å². The summed E-state index contributed by atoms with van der Waals surface area (Å²) in [5.41, 5.74) is 7.72. The predicted molar refractivity (Wildman–Crippen MR) is 90.5 cm³/mol. The quantitative estimate of drug-likeness (QED) is 0.652. The van der Waals surface area contributed by atoms with Gasteiger partial charge in [-0.15, -0.1) is 0 Å². The number of amides is 3. The topological polar surface area (TPSA) is 92.5 Å². The van der Waals surface area contributed by atoms with Crippen LogP contribution in [0.5, 0.6) is 0 Å². The Labute approximate surface area is 139 Å². The second-order valence-corrected chi connectivity index (χ2v) is 5.58. The minimum Gasteiger partial charge on any atom is -0.399 e. The summed E-state index contributed by atoms with van der Waals surface area (Å²) in [6, 6.07) is 13.6. The van der Waals surface area contributed by atoms with E-state index < -0.39 is 0 Å². The van der Waals surface area contributed by atoms with E-state index in [-0.39, 0.29) is 30.7 Å². The fourth-order valence-corrected chi connectivity index (χ4v) is 2.63. The van der Waals surface area contributed by atoms with E-state index in [1.54, 1.807) is 48.5 Å². The van der Waals surface area contributed by atoms with Crippen molar-refractivity contribution in [2.24, 2.45) is 0 Å². The lowest BCUT2D eigenvalue weighted by Crippen LogP contribution is -2.31. The molecule has 1 aliphatic rings. The fraction of sp³-hybridized carbons (Fsp3) is 0.167. The molecule has 6 heteroatoms. The number of imide groups is 1. The standard InChI is InChI=1S/C18H17N3O3/c19-12-7-9-13(10-8-12)20-16(22)6-3-11-21-17(23)14-4-1-2-5-15(14)18(21)24/h1-2,4-5,7-10H,3,6,11,19H2,(H,20,22). The molecular weight excluding hydrogens is 306 g/mol. The number of benzene rings is 2. The van der Waals surface area contributed by atoms with Crippen molar-refractivity contribution in [3.63, 3.8) is 0 Å². The Kier molecular flexibility index (Phi) is 4.29. The second-order valence-electron chi connectivity index (χ2n) is 5.58. The van der Waals surface area contributed by atoms with Gasteiger partial charge in [0.05, 0.1) is 11.1 Å². The third-order valence-corrected chi connectivity index (χ3v) is 3.86. The lowest BCUT2D eigenvalue weighted by Gasteiger charge is -2.13. The van der Waals surface area contributed by atoms with E-state index in [9.17, 15) is 14.4 Å². The molecule has 0 aromatic heterocycles. The summed E-state index contributed by atoms with van der Waals surface area (Å²) >= 11 is 0. The number of anilines is 2. The first-order valence-corrected chi connectivity index (χ1v) is 7.67. The van der Waals surface area contributed by atoms with Gasteiger partial charge in [-0.1, -0.05) is 12.1 Å². The number of nitrogens with one attached hydrogen (secondary N) is 1. The predicted octanol–water partition coefficient (Wildman–Crippen LogP) is 2.28. The van der Waals surface area contributed by atoms with E-state index in [1.165, 1.54) is 4.90 Å². The molecule has 0 aliphatic carbocycles. The van der Waals surface area contributed by atoms with E-state index in [0.717, 1.165) is 0 Å². The van der Waals surface area contributed by atoms with Crippen LogP contribution in [0.3, 0.4) is 0 Å². The molecule has 0 unspecified atom stereocenters. The maximum atomic E-state index is 12.2. The number of rotatable bonds is 5. The first-order valence-electron chi connectivity index (χ1n) is 7.67. The van der Waals surface area contributed by atoms with Crippen LogP contribution in [0.4, 0.5) is 11.4 Å². The van der Waals surface area contributed by atoms with Crippen molar-refractivity contribution in [2.45, 2.75) is 12.8 Å². The largest absolute Gasteiger partial charge is 0.399 e. The molecule has 24 heavy (non-hydrogen) atoms. The molecule has 1 aliphatic heterocycles. The number of carbonyl (C=O) groups is 3. The zero-order valence-electron chi connectivity index (χ0n) is 13.0. The van der Waals surface area contributed by atoms with Crippen LogP contribution in [0.1, 0.15) is 33.6 Å². The van der Waals surface area contributed by atoms with Gasteiger partial charge in [0.1, 0.15) is 0 Å². The molecule has 0 saturated carbocycles. The van der Waals surface area contributed by atoms with E-state index >= 15 is 0 Å². The van der Waals surface area contributed by atoms with Gasteiger partial charge in [0.2, 0.25) is 5.91 Å². The van der Waals surface area contributed by atoms with Crippen LogP contribution in [0.25, 0.3) is 0 Å². The summed E-state index contributed by atoms with van der Waals surface area (Å²) in [7, 11) is 0. The molecule has 0 saturated heterocycles. The molecule has 2 aromatic carbocycles. The van der Waals surface area contributed by atoms with Crippen molar-refractivity contribution < 1.29 is 14.4 Å². The first kappa shape index (κ1) is 15.7. The highest BCUT2D eigenvalue weighted by Crippen LogP contribution is 2.22. The molecule has 3 N–H and O–H groups in total. The molecular formula is C18H17N3O3. The van der Waals surface area contributed by atoms with Gasteiger partial charge >= 0.3 is 0 Å². The maximum absolute atomic E-state index is 12.2. The smallest absolute Gasteiger partial charge is 0.261 e. The Morgan fingerprint density at radius 1 is 0.958 bits per heavy atom. The molecule has 0 bridgehead atoms. The van der Waals surface area contributed by atoms with Crippen molar-refractivity contribution in [1.29, 1.82) is 0 Å². The Bertz CT molecular complexity index is 764. The van der Waals surface area contributed by atoms with Crippen LogP contribution in [0, 0.1) is 0 Å². The van der Waals surface area contributed by atoms with Gasteiger partial charge < -0.3 is 11.1 Å². The summed E-state index contributed by atoms with van der Waals surface area (Å²) < 4.78 is 0. The Morgan fingerprint density at radius 3 is 2.12 bits per heavy atom. The number of hydrogen-bond donors (Lipinski definition) is 2.